The number of amides is 1. The van der Waals surface area contributed by atoms with Gasteiger partial charge in [-0.1, -0.05) is 11.6 Å². The molecule has 2 rings (SSSR count). The number of sulfonamides is 1. The summed E-state index contributed by atoms with van der Waals surface area (Å²) in [6, 6.07) is 0. The maximum absolute atomic E-state index is 12.3. The Morgan fingerprint density at radius 2 is 2.21 bits per heavy atom. The minimum absolute atomic E-state index is 0.0121. The van der Waals surface area contributed by atoms with E-state index in [1.165, 1.54) is 6.20 Å². The van der Waals surface area contributed by atoms with Crippen molar-refractivity contribution >= 4 is 27.5 Å². The molecule has 0 spiro atoms. The number of likely N-dealkylation sites (tertiary alicyclic amines) is 1. The Kier molecular flexibility index (Phi) is 6.24. The lowest BCUT2D eigenvalue weighted by molar-refractivity contribution is -0.131. The minimum Gasteiger partial charge on any atom is -0.388 e. The summed E-state index contributed by atoms with van der Waals surface area (Å²) in [7, 11) is -3.35. The molecule has 0 saturated carbocycles. The average Bonchev–Trinajstić information content (AvgIpc) is 2.80. The standard InChI is InChI=1S/C14H23ClN4O4S/c1-24(22,23)17-11-14(21)4-2-6-18(8-5-14)13(20)3-7-19-10-12(15)9-16-19/h9-10,17,21H,2-8,11H2,1H3/t14-/m0/s1. The lowest BCUT2D eigenvalue weighted by atomic mass is 9.95. The number of hydrogen-bond acceptors (Lipinski definition) is 5. The molecule has 24 heavy (non-hydrogen) atoms. The summed E-state index contributed by atoms with van der Waals surface area (Å²) in [5.74, 6) is -0.0121. The van der Waals surface area contributed by atoms with Gasteiger partial charge in [-0.25, -0.2) is 13.1 Å². The second-order valence-corrected chi connectivity index (χ2v) is 8.49. The van der Waals surface area contributed by atoms with E-state index in [1.807, 2.05) is 0 Å². The van der Waals surface area contributed by atoms with Crippen molar-refractivity contribution in [2.45, 2.75) is 37.8 Å². The Labute approximate surface area is 146 Å². The van der Waals surface area contributed by atoms with E-state index >= 15 is 0 Å². The first-order valence-corrected chi connectivity index (χ1v) is 10.1. The Morgan fingerprint density at radius 1 is 1.46 bits per heavy atom. The number of aromatic nitrogens is 2. The van der Waals surface area contributed by atoms with Crippen LogP contribution in [0.25, 0.3) is 0 Å². The van der Waals surface area contributed by atoms with Crippen LogP contribution in [0.2, 0.25) is 5.02 Å². The molecule has 2 N–H and O–H groups in total. The van der Waals surface area contributed by atoms with Crippen LogP contribution in [0.5, 0.6) is 0 Å². The summed E-state index contributed by atoms with van der Waals surface area (Å²) in [4.78, 5) is 14.0. The van der Waals surface area contributed by atoms with Crippen LogP contribution < -0.4 is 4.72 Å². The predicted octanol–water partition coefficient (Wildman–Crippen LogP) is 0.219. The number of aryl methyl sites for hydroxylation is 1. The summed E-state index contributed by atoms with van der Waals surface area (Å²) in [6.45, 7) is 1.38. The van der Waals surface area contributed by atoms with Gasteiger partial charge < -0.3 is 10.0 Å². The number of hydrogen-bond donors (Lipinski definition) is 2. The van der Waals surface area contributed by atoms with E-state index < -0.39 is 15.6 Å². The number of aliphatic hydroxyl groups is 1. The molecule has 0 radical (unpaired) electrons. The van der Waals surface area contributed by atoms with Gasteiger partial charge in [-0.05, 0) is 19.3 Å². The Bertz CT molecular complexity index is 678. The molecule has 2 heterocycles. The molecule has 1 aliphatic rings. The largest absolute Gasteiger partial charge is 0.388 e. The number of nitrogens with one attached hydrogen (secondary N) is 1. The molecule has 8 nitrogen and oxygen atoms in total. The van der Waals surface area contributed by atoms with E-state index in [0.29, 0.717) is 50.3 Å². The van der Waals surface area contributed by atoms with Crippen molar-refractivity contribution in [3.8, 4) is 0 Å². The lowest BCUT2D eigenvalue weighted by Crippen LogP contribution is -2.43. The van der Waals surface area contributed by atoms with Gasteiger partial charge in [0.15, 0.2) is 0 Å². The molecule has 136 valence electrons. The van der Waals surface area contributed by atoms with Crippen molar-refractivity contribution in [2.24, 2.45) is 0 Å². The average molecular weight is 379 g/mol. The molecule has 10 heteroatoms. The lowest BCUT2D eigenvalue weighted by Gasteiger charge is -2.26. The van der Waals surface area contributed by atoms with Crippen LogP contribution in [0, 0.1) is 0 Å². The monoisotopic (exact) mass is 378 g/mol. The number of carbonyl (C=O) groups is 1. The van der Waals surface area contributed by atoms with Crippen LogP contribution in [0.4, 0.5) is 0 Å². The highest BCUT2D eigenvalue weighted by molar-refractivity contribution is 7.88. The SMILES string of the molecule is CS(=O)(=O)NC[C@]1(O)CCCN(C(=O)CCn2cc(Cl)cn2)CC1. The Morgan fingerprint density at radius 3 is 2.83 bits per heavy atom. The van der Waals surface area contributed by atoms with E-state index in [2.05, 4.69) is 9.82 Å². The van der Waals surface area contributed by atoms with Gasteiger partial charge in [-0.2, -0.15) is 5.10 Å². The van der Waals surface area contributed by atoms with Gasteiger partial charge in [0, 0.05) is 38.8 Å². The molecule has 1 saturated heterocycles. The van der Waals surface area contributed by atoms with Gasteiger partial charge in [0.25, 0.3) is 0 Å². The topological polar surface area (TPSA) is 105 Å². The summed E-state index contributed by atoms with van der Waals surface area (Å²) in [6.07, 6.45) is 5.96. The quantitative estimate of drug-likeness (QED) is 0.736. The van der Waals surface area contributed by atoms with Crippen LogP contribution in [-0.4, -0.2) is 65.6 Å². The molecule has 1 atom stereocenters. The van der Waals surface area contributed by atoms with Crippen LogP contribution in [-0.2, 0) is 21.4 Å². The zero-order valence-corrected chi connectivity index (χ0v) is 15.2. The van der Waals surface area contributed by atoms with E-state index in [4.69, 9.17) is 11.6 Å². The molecule has 1 fully saturated rings. The van der Waals surface area contributed by atoms with E-state index in [0.717, 1.165) is 6.26 Å². The number of halogens is 1. The second kappa shape index (κ2) is 7.81. The fourth-order valence-electron chi connectivity index (χ4n) is 2.70. The summed E-state index contributed by atoms with van der Waals surface area (Å²) >= 11 is 5.78. The van der Waals surface area contributed by atoms with Gasteiger partial charge in [-0.15, -0.1) is 0 Å². The Balaban J connectivity index is 1.84. The normalized spacial score (nSPS) is 22.4. The molecule has 0 bridgehead atoms. The maximum atomic E-state index is 12.3. The zero-order valence-electron chi connectivity index (χ0n) is 13.6. The molecule has 0 aliphatic carbocycles. The molecule has 0 aromatic carbocycles. The van der Waals surface area contributed by atoms with Crippen molar-refractivity contribution in [3.05, 3.63) is 17.4 Å². The van der Waals surface area contributed by atoms with Crippen molar-refractivity contribution in [2.75, 3.05) is 25.9 Å². The van der Waals surface area contributed by atoms with Crippen molar-refractivity contribution in [3.63, 3.8) is 0 Å². The second-order valence-electron chi connectivity index (χ2n) is 6.22. The van der Waals surface area contributed by atoms with Gasteiger partial charge in [-0.3, -0.25) is 9.48 Å². The number of carbonyl (C=O) groups excluding carboxylic acids is 1. The van der Waals surface area contributed by atoms with Crippen LogP contribution in [0.1, 0.15) is 25.7 Å². The highest BCUT2D eigenvalue weighted by atomic mass is 35.5. The van der Waals surface area contributed by atoms with Gasteiger partial charge >= 0.3 is 0 Å². The highest BCUT2D eigenvalue weighted by Gasteiger charge is 2.32. The van der Waals surface area contributed by atoms with E-state index in [1.54, 1.807) is 15.8 Å². The maximum Gasteiger partial charge on any atom is 0.224 e. The van der Waals surface area contributed by atoms with Crippen LogP contribution in [0.15, 0.2) is 12.4 Å². The fourth-order valence-corrected chi connectivity index (χ4v) is 3.39. The van der Waals surface area contributed by atoms with E-state index in [-0.39, 0.29) is 12.5 Å². The predicted molar refractivity (Wildman–Crippen MR) is 90.1 cm³/mol. The molecular weight excluding hydrogens is 356 g/mol. The van der Waals surface area contributed by atoms with Gasteiger partial charge in [0.1, 0.15) is 0 Å². The van der Waals surface area contributed by atoms with Crippen molar-refractivity contribution < 1.29 is 18.3 Å². The highest BCUT2D eigenvalue weighted by Crippen LogP contribution is 2.22. The molecule has 1 aromatic rings. The molecule has 0 unspecified atom stereocenters. The first kappa shape index (κ1) is 19.2. The molecule has 1 aliphatic heterocycles. The summed E-state index contributed by atoms with van der Waals surface area (Å²) < 4.78 is 26.3. The third-order valence-corrected chi connectivity index (χ3v) is 4.95. The molecule has 1 aromatic heterocycles. The van der Waals surface area contributed by atoms with Crippen LogP contribution >= 0.6 is 11.6 Å². The van der Waals surface area contributed by atoms with Crippen LogP contribution in [0.3, 0.4) is 0 Å². The number of rotatable bonds is 6. The minimum atomic E-state index is -3.35. The zero-order chi connectivity index (χ0) is 17.8. The van der Waals surface area contributed by atoms with Crippen molar-refractivity contribution in [1.29, 1.82) is 0 Å². The summed E-state index contributed by atoms with van der Waals surface area (Å²) in [5, 5.41) is 15.1. The Hall–Kier alpha value is -1.16. The molecule has 1 amide bonds. The van der Waals surface area contributed by atoms with Crippen molar-refractivity contribution in [1.82, 2.24) is 19.4 Å². The molecular formula is C14H23ClN4O4S. The first-order chi connectivity index (χ1) is 11.2. The number of nitrogens with zero attached hydrogens (tertiary/aromatic N) is 3. The van der Waals surface area contributed by atoms with E-state index in [9.17, 15) is 18.3 Å². The summed E-state index contributed by atoms with van der Waals surface area (Å²) in [5.41, 5.74) is -1.12. The smallest absolute Gasteiger partial charge is 0.224 e. The van der Waals surface area contributed by atoms with Gasteiger partial charge in [0.05, 0.1) is 23.1 Å². The third kappa shape index (κ3) is 6.04. The fraction of sp³-hybridized carbons (Fsp3) is 0.714. The van der Waals surface area contributed by atoms with Gasteiger partial charge in [0.2, 0.25) is 15.9 Å². The first-order valence-electron chi connectivity index (χ1n) is 7.80. The third-order valence-electron chi connectivity index (χ3n) is 4.09.